The summed E-state index contributed by atoms with van der Waals surface area (Å²) >= 11 is 0. The molecule has 6 nitrogen and oxygen atoms in total. The second kappa shape index (κ2) is 7.08. The smallest absolute Gasteiger partial charge is 0.251 e. The molecule has 114 valence electrons. The highest BCUT2D eigenvalue weighted by Crippen LogP contribution is 2.11. The maximum absolute atomic E-state index is 12.0. The van der Waals surface area contributed by atoms with Gasteiger partial charge < -0.3 is 19.9 Å². The third kappa shape index (κ3) is 4.19. The lowest BCUT2D eigenvalue weighted by molar-refractivity contribution is -0.131. The molecule has 0 radical (unpaired) electrons. The first-order valence-electron chi connectivity index (χ1n) is 6.98. The van der Waals surface area contributed by atoms with Gasteiger partial charge in [-0.2, -0.15) is 0 Å². The summed E-state index contributed by atoms with van der Waals surface area (Å²) in [7, 11) is 3.61. The van der Waals surface area contributed by atoms with Crippen molar-refractivity contribution in [1.29, 1.82) is 0 Å². The molecule has 1 saturated heterocycles. The predicted molar refractivity (Wildman–Crippen MR) is 79.4 cm³/mol. The van der Waals surface area contributed by atoms with E-state index in [1.54, 1.807) is 36.3 Å². The fourth-order valence-corrected chi connectivity index (χ4v) is 2.17. The van der Waals surface area contributed by atoms with Crippen LogP contribution in [-0.2, 0) is 4.79 Å². The fraction of sp³-hybridized carbons (Fsp3) is 0.467. The van der Waals surface area contributed by atoms with Gasteiger partial charge in [0.05, 0.1) is 13.7 Å². The first-order valence-corrected chi connectivity index (χ1v) is 6.98. The number of hydrogen-bond donors (Lipinski definition) is 1. The Morgan fingerprint density at radius 2 is 1.76 bits per heavy atom. The molecule has 0 unspecified atom stereocenters. The quantitative estimate of drug-likeness (QED) is 0.861. The minimum Gasteiger partial charge on any atom is -0.497 e. The summed E-state index contributed by atoms with van der Waals surface area (Å²) in [4.78, 5) is 27.9. The highest BCUT2D eigenvalue weighted by atomic mass is 16.5. The van der Waals surface area contributed by atoms with Gasteiger partial charge in [0.15, 0.2) is 0 Å². The van der Waals surface area contributed by atoms with Gasteiger partial charge in [0, 0.05) is 31.7 Å². The van der Waals surface area contributed by atoms with Gasteiger partial charge in [-0.25, -0.2) is 0 Å². The highest BCUT2D eigenvalue weighted by molar-refractivity contribution is 5.96. The van der Waals surface area contributed by atoms with Crippen LogP contribution in [0.3, 0.4) is 0 Å². The molecule has 0 bridgehead atoms. The van der Waals surface area contributed by atoms with Crippen molar-refractivity contribution < 1.29 is 14.3 Å². The van der Waals surface area contributed by atoms with Crippen molar-refractivity contribution in [1.82, 2.24) is 15.1 Å². The van der Waals surface area contributed by atoms with Crippen LogP contribution in [0.25, 0.3) is 0 Å². The number of nitrogens with zero attached hydrogens (tertiary/aromatic N) is 2. The number of carbonyl (C=O) groups is 2. The Morgan fingerprint density at radius 3 is 2.33 bits per heavy atom. The Bertz CT molecular complexity index is 493. The molecule has 2 rings (SSSR count). The van der Waals surface area contributed by atoms with E-state index in [1.165, 1.54) is 0 Å². The number of ether oxygens (including phenoxy) is 1. The molecule has 0 atom stereocenters. The number of benzene rings is 1. The van der Waals surface area contributed by atoms with E-state index in [2.05, 4.69) is 10.2 Å². The van der Waals surface area contributed by atoms with Crippen LogP contribution in [0.2, 0.25) is 0 Å². The van der Waals surface area contributed by atoms with E-state index >= 15 is 0 Å². The molecule has 0 saturated carbocycles. The van der Waals surface area contributed by atoms with Crippen LogP contribution in [-0.4, -0.2) is 68.5 Å². The second-order valence-corrected chi connectivity index (χ2v) is 5.10. The lowest BCUT2D eigenvalue weighted by Gasteiger charge is -2.32. The minimum atomic E-state index is -0.250. The molecule has 1 aliphatic rings. The number of hydrogen-bond acceptors (Lipinski definition) is 4. The van der Waals surface area contributed by atoms with Crippen LogP contribution in [0.5, 0.6) is 5.75 Å². The van der Waals surface area contributed by atoms with Crippen LogP contribution in [0.1, 0.15) is 10.4 Å². The molecule has 1 heterocycles. The Balaban J connectivity index is 1.81. The molecule has 1 aromatic rings. The van der Waals surface area contributed by atoms with Crippen molar-refractivity contribution in [2.45, 2.75) is 0 Å². The molecule has 6 heteroatoms. The summed E-state index contributed by atoms with van der Waals surface area (Å²) in [5, 5.41) is 2.66. The second-order valence-electron chi connectivity index (χ2n) is 5.10. The minimum absolute atomic E-state index is 0.0363. The van der Waals surface area contributed by atoms with Crippen molar-refractivity contribution in [2.24, 2.45) is 0 Å². The van der Waals surface area contributed by atoms with E-state index in [0.717, 1.165) is 13.1 Å². The third-order valence-electron chi connectivity index (χ3n) is 3.61. The SMILES string of the molecule is COc1ccc(C(=O)NCC(=O)N2CCN(C)CC2)cc1. The molecule has 1 fully saturated rings. The van der Waals surface area contributed by atoms with Crippen LogP contribution < -0.4 is 10.1 Å². The summed E-state index contributed by atoms with van der Waals surface area (Å²) in [6.45, 7) is 3.21. The Morgan fingerprint density at radius 1 is 1.14 bits per heavy atom. The maximum Gasteiger partial charge on any atom is 0.251 e. The monoisotopic (exact) mass is 291 g/mol. The van der Waals surface area contributed by atoms with Gasteiger partial charge in [0.25, 0.3) is 5.91 Å². The van der Waals surface area contributed by atoms with Crippen molar-refractivity contribution in [2.75, 3.05) is 46.9 Å². The van der Waals surface area contributed by atoms with Gasteiger partial charge in [-0.15, -0.1) is 0 Å². The number of piperazine rings is 1. The van der Waals surface area contributed by atoms with E-state index in [1.807, 2.05) is 7.05 Å². The average molecular weight is 291 g/mol. The number of methoxy groups -OCH3 is 1. The normalized spacial score (nSPS) is 15.6. The number of carbonyl (C=O) groups excluding carboxylic acids is 2. The zero-order valence-electron chi connectivity index (χ0n) is 12.5. The number of nitrogens with one attached hydrogen (secondary N) is 1. The van der Waals surface area contributed by atoms with Gasteiger partial charge >= 0.3 is 0 Å². The average Bonchev–Trinajstić information content (AvgIpc) is 2.53. The summed E-state index contributed by atoms with van der Waals surface area (Å²) in [5.74, 6) is 0.408. The maximum atomic E-state index is 12.0. The fourth-order valence-electron chi connectivity index (χ4n) is 2.17. The van der Waals surface area contributed by atoms with Crippen LogP contribution in [0, 0.1) is 0 Å². The zero-order valence-corrected chi connectivity index (χ0v) is 12.5. The number of likely N-dealkylation sites (N-methyl/N-ethyl adjacent to an activating group) is 1. The predicted octanol–water partition coefficient (Wildman–Crippen LogP) is 0.199. The molecule has 0 spiro atoms. The Hall–Kier alpha value is -2.08. The molecule has 21 heavy (non-hydrogen) atoms. The van der Waals surface area contributed by atoms with Crippen molar-refractivity contribution in [3.63, 3.8) is 0 Å². The van der Waals surface area contributed by atoms with Crippen molar-refractivity contribution in [3.8, 4) is 5.75 Å². The summed E-state index contributed by atoms with van der Waals surface area (Å²) in [6.07, 6.45) is 0. The third-order valence-corrected chi connectivity index (χ3v) is 3.61. The lowest BCUT2D eigenvalue weighted by Crippen LogP contribution is -2.50. The topological polar surface area (TPSA) is 61.9 Å². The van der Waals surface area contributed by atoms with Gasteiger partial charge in [-0.3, -0.25) is 9.59 Å². The van der Waals surface area contributed by atoms with Crippen LogP contribution in [0.4, 0.5) is 0 Å². The van der Waals surface area contributed by atoms with E-state index in [0.29, 0.717) is 24.4 Å². The molecular weight excluding hydrogens is 270 g/mol. The molecule has 1 N–H and O–H groups in total. The van der Waals surface area contributed by atoms with Gasteiger partial charge in [-0.1, -0.05) is 0 Å². The molecule has 2 amide bonds. The molecule has 1 aromatic carbocycles. The summed E-state index contributed by atoms with van der Waals surface area (Å²) in [6, 6.07) is 6.79. The lowest BCUT2D eigenvalue weighted by atomic mass is 10.2. The number of rotatable bonds is 4. The van der Waals surface area contributed by atoms with E-state index in [4.69, 9.17) is 4.74 Å². The van der Waals surface area contributed by atoms with E-state index < -0.39 is 0 Å². The first kappa shape index (κ1) is 15.3. The van der Waals surface area contributed by atoms with Crippen LogP contribution >= 0.6 is 0 Å². The highest BCUT2D eigenvalue weighted by Gasteiger charge is 2.19. The standard InChI is InChI=1S/C15H21N3O3/c1-17-7-9-18(10-8-17)14(19)11-16-15(20)12-3-5-13(21-2)6-4-12/h3-6H,7-11H2,1-2H3,(H,16,20). The van der Waals surface area contributed by atoms with E-state index in [-0.39, 0.29) is 18.4 Å². The number of amides is 2. The molecule has 0 aliphatic carbocycles. The van der Waals surface area contributed by atoms with Crippen molar-refractivity contribution >= 4 is 11.8 Å². The van der Waals surface area contributed by atoms with Gasteiger partial charge in [0.2, 0.25) is 5.91 Å². The Kier molecular flexibility index (Phi) is 5.16. The molecule has 1 aliphatic heterocycles. The summed E-state index contributed by atoms with van der Waals surface area (Å²) in [5.41, 5.74) is 0.516. The van der Waals surface area contributed by atoms with Crippen molar-refractivity contribution in [3.05, 3.63) is 29.8 Å². The molecular formula is C15H21N3O3. The zero-order chi connectivity index (χ0) is 15.2. The molecule has 0 aromatic heterocycles. The van der Waals surface area contributed by atoms with Gasteiger partial charge in [-0.05, 0) is 31.3 Å². The largest absolute Gasteiger partial charge is 0.497 e. The Labute approximate surface area is 124 Å². The summed E-state index contributed by atoms with van der Waals surface area (Å²) < 4.78 is 5.04. The van der Waals surface area contributed by atoms with E-state index in [9.17, 15) is 9.59 Å². The van der Waals surface area contributed by atoms with Crippen LogP contribution in [0.15, 0.2) is 24.3 Å². The van der Waals surface area contributed by atoms with Gasteiger partial charge in [0.1, 0.15) is 5.75 Å². The first-order chi connectivity index (χ1) is 10.1.